The lowest BCUT2D eigenvalue weighted by atomic mass is 10.2. The van der Waals surface area contributed by atoms with Crippen LogP contribution in [0.15, 0.2) is 42.5 Å². The highest BCUT2D eigenvalue weighted by Crippen LogP contribution is 2.28. The molecule has 0 amide bonds. The predicted molar refractivity (Wildman–Crippen MR) is 73.4 cm³/mol. The minimum atomic E-state index is -0.593. The second-order valence-corrected chi connectivity index (χ2v) is 4.46. The van der Waals surface area contributed by atoms with Crippen LogP contribution in [0.4, 0.5) is 4.39 Å². The average molecular weight is 271 g/mol. The molecule has 2 rings (SSSR count). The Morgan fingerprint density at radius 1 is 1.05 bits per heavy atom. The zero-order chi connectivity index (χ0) is 14.5. The van der Waals surface area contributed by atoms with Crippen LogP contribution in [0.25, 0.3) is 0 Å². The summed E-state index contributed by atoms with van der Waals surface area (Å²) in [5, 5.41) is 8.93. The molecule has 0 radical (unpaired) electrons. The molecule has 0 saturated heterocycles. The molecule has 0 unspecified atom stereocenters. The van der Waals surface area contributed by atoms with Crippen LogP contribution in [-0.2, 0) is 0 Å². The van der Waals surface area contributed by atoms with Crippen LogP contribution in [0, 0.1) is 17.1 Å². The number of ether oxygens (including phenoxy) is 2. The third-order valence-electron chi connectivity index (χ3n) is 2.51. The van der Waals surface area contributed by atoms with Crippen molar-refractivity contribution < 1.29 is 13.9 Å². The first-order valence-electron chi connectivity index (χ1n) is 6.23. The number of hydrogen-bond donors (Lipinski definition) is 0. The topological polar surface area (TPSA) is 42.2 Å². The number of nitrogens with zero attached hydrogens (tertiary/aromatic N) is 1. The molecule has 0 aliphatic rings. The first-order chi connectivity index (χ1) is 9.60. The van der Waals surface area contributed by atoms with Crippen molar-refractivity contribution in [3.63, 3.8) is 0 Å². The van der Waals surface area contributed by atoms with Gasteiger partial charge in [0.05, 0.1) is 6.10 Å². The van der Waals surface area contributed by atoms with Crippen LogP contribution in [-0.4, -0.2) is 6.10 Å². The van der Waals surface area contributed by atoms with Gasteiger partial charge >= 0.3 is 0 Å². The summed E-state index contributed by atoms with van der Waals surface area (Å²) in [5.74, 6) is 0.852. The van der Waals surface area contributed by atoms with E-state index in [1.807, 2.05) is 13.8 Å². The van der Waals surface area contributed by atoms with Crippen molar-refractivity contribution >= 4 is 0 Å². The largest absolute Gasteiger partial charge is 0.491 e. The number of benzene rings is 2. The Morgan fingerprint density at radius 3 is 2.30 bits per heavy atom. The Balaban J connectivity index is 2.19. The maximum atomic E-state index is 13.4. The Morgan fingerprint density at radius 2 is 1.70 bits per heavy atom. The van der Waals surface area contributed by atoms with Gasteiger partial charge in [0.1, 0.15) is 34.7 Å². The molecule has 3 nitrogen and oxygen atoms in total. The van der Waals surface area contributed by atoms with E-state index >= 15 is 0 Å². The molecule has 20 heavy (non-hydrogen) atoms. The lowest BCUT2D eigenvalue weighted by Gasteiger charge is -2.11. The van der Waals surface area contributed by atoms with E-state index in [4.69, 9.17) is 14.7 Å². The SMILES string of the molecule is CC(C)Oc1ccc(Oc2cccc(F)c2C#N)cc1. The van der Waals surface area contributed by atoms with E-state index in [2.05, 4.69) is 0 Å². The number of hydrogen-bond acceptors (Lipinski definition) is 3. The van der Waals surface area contributed by atoms with Crippen molar-refractivity contribution in [3.05, 3.63) is 53.8 Å². The summed E-state index contributed by atoms with van der Waals surface area (Å²) in [5.41, 5.74) is -0.102. The van der Waals surface area contributed by atoms with Gasteiger partial charge in [-0.15, -0.1) is 0 Å². The van der Waals surface area contributed by atoms with Crippen molar-refractivity contribution in [1.29, 1.82) is 5.26 Å². The highest BCUT2D eigenvalue weighted by atomic mass is 19.1. The normalized spacial score (nSPS) is 10.2. The Hall–Kier alpha value is -2.54. The maximum absolute atomic E-state index is 13.4. The molecule has 0 aromatic heterocycles. The third kappa shape index (κ3) is 3.27. The van der Waals surface area contributed by atoms with E-state index in [9.17, 15) is 4.39 Å². The molecule has 2 aromatic rings. The molecule has 0 bridgehead atoms. The second kappa shape index (κ2) is 6.07. The molecular formula is C16H14FNO2. The molecule has 0 atom stereocenters. The van der Waals surface area contributed by atoms with Crippen molar-refractivity contribution in [2.75, 3.05) is 0 Å². The smallest absolute Gasteiger partial charge is 0.148 e. The van der Waals surface area contributed by atoms with Gasteiger partial charge in [0, 0.05) is 0 Å². The van der Waals surface area contributed by atoms with E-state index < -0.39 is 5.82 Å². The standard InChI is InChI=1S/C16H14FNO2/c1-11(2)19-12-6-8-13(9-7-12)20-16-5-3-4-15(17)14(16)10-18/h3-9,11H,1-2H3. The second-order valence-electron chi connectivity index (χ2n) is 4.46. The summed E-state index contributed by atoms with van der Waals surface area (Å²) < 4.78 is 24.5. The molecule has 0 spiro atoms. The Bertz CT molecular complexity index is 630. The highest BCUT2D eigenvalue weighted by Gasteiger charge is 2.09. The van der Waals surface area contributed by atoms with Gasteiger partial charge in [0.15, 0.2) is 0 Å². The first kappa shape index (κ1) is 13.9. The van der Waals surface area contributed by atoms with E-state index in [1.54, 1.807) is 36.4 Å². The van der Waals surface area contributed by atoms with Crippen molar-refractivity contribution in [2.24, 2.45) is 0 Å². The van der Waals surface area contributed by atoms with Gasteiger partial charge in [-0.1, -0.05) is 6.07 Å². The average Bonchev–Trinajstić information content (AvgIpc) is 2.41. The van der Waals surface area contributed by atoms with Crippen LogP contribution in [0.5, 0.6) is 17.2 Å². The van der Waals surface area contributed by atoms with Crippen LogP contribution in [0.2, 0.25) is 0 Å². The van der Waals surface area contributed by atoms with Gasteiger partial charge in [-0.3, -0.25) is 0 Å². The van der Waals surface area contributed by atoms with Crippen molar-refractivity contribution in [2.45, 2.75) is 20.0 Å². The fraction of sp³-hybridized carbons (Fsp3) is 0.188. The summed E-state index contributed by atoms with van der Waals surface area (Å²) in [4.78, 5) is 0. The summed E-state index contributed by atoms with van der Waals surface area (Å²) in [6, 6.07) is 13.0. The minimum Gasteiger partial charge on any atom is -0.491 e. The summed E-state index contributed by atoms with van der Waals surface area (Å²) >= 11 is 0. The molecular weight excluding hydrogens is 257 g/mol. The predicted octanol–water partition coefficient (Wildman–Crippen LogP) is 4.28. The molecule has 102 valence electrons. The first-order valence-corrected chi connectivity index (χ1v) is 6.23. The number of nitriles is 1. The van der Waals surface area contributed by atoms with Gasteiger partial charge < -0.3 is 9.47 Å². The third-order valence-corrected chi connectivity index (χ3v) is 2.51. The summed E-state index contributed by atoms with van der Waals surface area (Å²) in [7, 11) is 0. The van der Waals surface area contributed by atoms with E-state index in [0.717, 1.165) is 5.75 Å². The minimum absolute atomic E-state index is 0.0928. The van der Waals surface area contributed by atoms with E-state index in [-0.39, 0.29) is 17.4 Å². The van der Waals surface area contributed by atoms with Crippen LogP contribution in [0.3, 0.4) is 0 Å². The van der Waals surface area contributed by atoms with Gasteiger partial charge in [0.2, 0.25) is 0 Å². The fourth-order valence-corrected chi connectivity index (χ4v) is 1.68. The lowest BCUT2D eigenvalue weighted by molar-refractivity contribution is 0.242. The van der Waals surface area contributed by atoms with Crippen molar-refractivity contribution in [3.8, 4) is 23.3 Å². The van der Waals surface area contributed by atoms with Crippen molar-refractivity contribution in [1.82, 2.24) is 0 Å². The quantitative estimate of drug-likeness (QED) is 0.833. The molecule has 0 N–H and O–H groups in total. The molecule has 0 aliphatic heterocycles. The Kier molecular flexibility index (Phi) is 4.21. The molecule has 4 heteroatoms. The number of rotatable bonds is 4. The molecule has 2 aromatic carbocycles. The van der Waals surface area contributed by atoms with Crippen LogP contribution < -0.4 is 9.47 Å². The number of halogens is 1. The molecule has 0 fully saturated rings. The summed E-state index contributed by atoms with van der Waals surface area (Å²) in [6.07, 6.45) is 0.0928. The van der Waals surface area contributed by atoms with Gasteiger partial charge in [-0.05, 0) is 50.2 Å². The maximum Gasteiger partial charge on any atom is 0.148 e. The highest BCUT2D eigenvalue weighted by molar-refractivity contribution is 5.46. The van der Waals surface area contributed by atoms with Crippen LogP contribution in [0.1, 0.15) is 19.4 Å². The molecule has 0 saturated carbocycles. The monoisotopic (exact) mass is 271 g/mol. The van der Waals surface area contributed by atoms with Gasteiger partial charge in [-0.25, -0.2) is 4.39 Å². The fourth-order valence-electron chi connectivity index (χ4n) is 1.68. The van der Waals surface area contributed by atoms with E-state index in [0.29, 0.717) is 5.75 Å². The lowest BCUT2D eigenvalue weighted by Crippen LogP contribution is -2.05. The molecule has 0 heterocycles. The van der Waals surface area contributed by atoms with Gasteiger partial charge in [-0.2, -0.15) is 5.26 Å². The summed E-state index contributed by atoms with van der Waals surface area (Å²) in [6.45, 7) is 3.88. The zero-order valence-electron chi connectivity index (χ0n) is 11.3. The Labute approximate surface area is 117 Å². The van der Waals surface area contributed by atoms with Crippen LogP contribution >= 0.6 is 0 Å². The zero-order valence-corrected chi connectivity index (χ0v) is 11.3. The van der Waals surface area contributed by atoms with E-state index in [1.165, 1.54) is 12.1 Å². The molecule has 0 aliphatic carbocycles. The van der Waals surface area contributed by atoms with Gasteiger partial charge in [0.25, 0.3) is 0 Å².